The van der Waals surface area contributed by atoms with Gasteiger partial charge >= 0.3 is 0 Å². The smallest absolute Gasteiger partial charge is 0.244 e. The van der Waals surface area contributed by atoms with Crippen molar-refractivity contribution in [3.8, 4) is 0 Å². The zero-order valence-electron chi connectivity index (χ0n) is 10.8. The first-order valence-electron chi connectivity index (χ1n) is 6.23. The number of hydrogen-bond donors (Lipinski definition) is 1. The molecule has 1 saturated carbocycles. The van der Waals surface area contributed by atoms with Gasteiger partial charge in [0, 0.05) is 24.5 Å². The molecular weight excluding hydrogens is 268 g/mol. The Balaban J connectivity index is 2.37. The van der Waals surface area contributed by atoms with E-state index < -0.39 is 10.0 Å². The third kappa shape index (κ3) is 2.34. The standard InChI is InChI=1S/C12H20N2O2S2/c1-9-8-17-11(7-13)12(9)18(15,16)14(2)10-5-3-4-6-10/h8,10H,3-7,13H2,1-2H3. The van der Waals surface area contributed by atoms with Crippen LogP contribution >= 0.6 is 11.3 Å². The molecule has 0 amide bonds. The molecule has 0 radical (unpaired) electrons. The van der Waals surface area contributed by atoms with Gasteiger partial charge in [-0.25, -0.2) is 8.42 Å². The van der Waals surface area contributed by atoms with E-state index in [0.717, 1.165) is 36.1 Å². The fraction of sp³-hybridized carbons (Fsp3) is 0.667. The first kappa shape index (κ1) is 14.0. The number of aryl methyl sites for hydroxylation is 1. The largest absolute Gasteiger partial charge is 0.326 e. The Morgan fingerprint density at radius 2 is 2.06 bits per heavy atom. The van der Waals surface area contributed by atoms with Gasteiger partial charge < -0.3 is 5.73 Å². The van der Waals surface area contributed by atoms with Gasteiger partial charge in [0.1, 0.15) is 4.90 Å². The predicted molar refractivity (Wildman–Crippen MR) is 74.2 cm³/mol. The summed E-state index contributed by atoms with van der Waals surface area (Å²) in [6, 6.07) is 0.153. The molecule has 6 heteroatoms. The summed E-state index contributed by atoms with van der Waals surface area (Å²) < 4.78 is 26.9. The average Bonchev–Trinajstić information content (AvgIpc) is 2.96. The highest BCUT2D eigenvalue weighted by molar-refractivity contribution is 7.89. The summed E-state index contributed by atoms with van der Waals surface area (Å²) in [5.41, 5.74) is 6.45. The van der Waals surface area contributed by atoms with E-state index in [0.29, 0.717) is 4.90 Å². The fourth-order valence-corrected chi connectivity index (χ4v) is 5.65. The summed E-state index contributed by atoms with van der Waals surface area (Å²) in [6.07, 6.45) is 4.18. The lowest BCUT2D eigenvalue weighted by Crippen LogP contribution is -2.35. The summed E-state index contributed by atoms with van der Waals surface area (Å²) in [4.78, 5) is 1.20. The normalized spacial score (nSPS) is 17.8. The number of thiophene rings is 1. The Hall–Kier alpha value is -0.430. The van der Waals surface area contributed by atoms with E-state index in [1.165, 1.54) is 11.3 Å². The summed E-state index contributed by atoms with van der Waals surface area (Å²) >= 11 is 1.43. The molecule has 0 bridgehead atoms. The van der Waals surface area contributed by atoms with Crippen molar-refractivity contribution < 1.29 is 8.42 Å². The zero-order chi connectivity index (χ0) is 13.3. The molecule has 0 atom stereocenters. The van der Waals surface area contributed by atoms with Crippen molar-refractivity contribution in [3.05, 3.63) is 15.8 Å². The van der Waals surface area contributed by atoms with Crippen LogP contribution in [0.25, 0.3) is 0 Å². The molecule has 0 spiro atoms. The second-order valence-electron chi connectivity index (χ2n) is 4.83. The van der Waals surface area contributed by atoms with Crippen LogP contribution in [0, 0.1) is 6.92 Å². The summed E-state index contributed by atoms with van der Waals surface area (Å²) in [5.74, 6) is 0. The maximum Gasteiger partial charge on any atom is 0.244 e. The van der Waals surface area contributed by atoms with E-state index in [1.807, 2.05) is 12.3 Å². The Kier molecular flexibility index (Phi) is 4.11. The van der Waals surface area contributed by atoms with Crippen LogP contribution in [0.2, 0.25) is 0 Å². The van der Waals surface area contributed by atoms with Gasteiger partial charge in [0.25, 0.3) is 0 Å². The van der Waals surface area contributed by atoms with Gasteiger partial charge in [-0.05, 0) is 30.7 Å². The van der Waals surface area contributed by atoms with Crippen LogP contribution < -0.4 is 5.73 Å². The molecule has 18 heavy (non-hydrogen) atoms. The van der Waals surface area contributed by atoms with E-state index >= 15 is 0 Å². The number of hydrogen-bond acceptors (Lipinski definition) is 4. The minimum Gasteiger partial charge on any atom is -0.326 e. The Labute approximate surface area is 113 Å². The molecule has 2 N–H and O–H groups in total. The van der Waals surface area contributed by atoms with Crippen LogP contribution in [0.4, 0.5) is 0 Å². The van der Waals surface area contributed by atoms with Gasteiger partial charge in [-0.1, -0.05) is 12.8 Å². The van der Waals surface area contributed by atoms with Crippen LogP contribution in [0.3, 0.4) is 0 Å². The van der Waals surface area contributed by atoms with Crippen LogP contribution in [0.15, 0.2) is 10.3 Å². The maximum absolute atomic E-state index is 12.7. The number of nitrogens with zero attached hydrogens (tertiary/aromatic N) is 1. The molecule has 1 aliphatic carbocycles. The lowest BCUT2D eigenvalue weighted by Gasteiger charge is -2.24. The highest BCUT2D eigenvalue weighted by Gasteiger charge is 2.33. The molecule has 1 aliphatic rings. The van der Waals surface area contributed by atoms with Crippen molar-refractivity contribution in [2.45, 2.75) is 50.1 Å². The molecule has 4 nitrogen and oxygen atoms in total. The molecule has 1 aromatic heterocycles. The second kappa shape index (κ2) is 5.28. The van der Waals surface area contributed by atoms with Crippen molar-refractivity contribution in [2.24, 2.45) is 5.73 Å². The van der Waals surface area contributed by atoms with Crippen molar-refractivity contribution in [1.29, 1.82) is 0 Å². The summed E-state index contributed by atoms with van der Waals surface area (Å²) in [6.45, 7) is 2.12. The van der Waals surface area contributed by atoms with Crippen LogP contribution in [0.1, 0.15) is 36.1 Å². The third-order valence-electron chi connectivity index (χ3n) is 3.65. The summed E-state index contributed by atoms with van der Waals surface area (Å²) in [7, 11) is -1.69. The highest BCUT2D eigenvalue weighted by atomic mass is 32.2. The molecule has 102 valence electrons. The molecule has 0 aliphatic heterocycles. The highest BCUT2D eigenvalue weighted by Crippen LogP contribution is 2.32. The molecule has 0 aromatic carbocycles. The van der Waals surface area contributed by atoms with Crippen molar-refractivity contribution in [2.75, 3.05) is 7.05 Å². The topological polar surface area (TPSA) is 63.4 Å². The van der Waals surface area contributed by atoms with Gasteiger partial charge in [-0.3, -0.25) is 0 Å². The van der Waals surface area contributed by atoms with E-state index in [9.17, 15) is 8.42 Å². The lowest BCUT2D eigenvalue weighted by atomic mass is 10.3. The van der Waals surface area contributed by atoms with Crippen LogP contribution in [0.5, 0.6) is 0 Å². The molecule has 0 unspecified atom stereocenters. The molecular formula is C12H20N2O2S2. The van der Waals surface area contributed by atoms with Gasteiger partial charge in [0.15, 0.2) is 0 Å². The number of nitrogens with two attached hydrogens (primary N) is 1. The second-order valence-corrected chi connectivity index (χ2v) is 7.73. The van der Waals surface area contributed by atoms with Crippen LogP contribution in [-0.4, -0.2) is 25.8 Å². The van der Waals surface area contributed by atoms with E-state index in [-0.39, 0.29) is 12.6 Å². The Morgan fingerprint density at radius 3 is 2.61 bits per heavy atom. The quantitative estimate of drug-likeness (QED) is 0.922. The monoisotopic (exact) mass is 288 g/mol. The van der Waals surface area contributed by atoms with Crippen molar-refractivity contribution >= 4 is 21.4 Å². The summed E-state index contributed by atoms with van der Waals surface area (Å²) in [5, 5.41) is 1.87. The van der Waals surface area contributed by atoms with Crippen molar-refractivity contribution in [3.63, 3.8) is 0 Å². The van der Waals surface area contributed by atoms with Crippen molar-refractivity contribution in [1.82, 2.24) is 4.31 Å². The molecule has 1 aromatic rings. The Bertz CT molecular complexity index is 516. The van der Waals surface area contributed by atoms with E-state index in [4.69, 9.17) is 5.73 Å². The minimum atomic E-state index is -3.39. The number of rotatable bonds is 4. The van der Waals surface area contributed by atoms with E-state index in [1.54, 1.807) is 11.4 Å². The first-order chi connectivity index (χ1) is 8.48. The van der Waals surface area contributed by atoms with E-state index in [2.05, 4.69) is 0 Å². The SMILES string of the molecule is Cc1csc(CN)c1S(=O)(=O)N(C)C1CCCC1. The van der Waals surface area contributed by atoms with Gasteiger partial charge in [0.2, 0.25) is 10.0 Å². The number of sulfonamides is 1. The predicted octanol–water partition coefficient (Wildman–Crippen LogP) is 2.08. The van der Waals surface area contributed by atoms with Crippen LogP contribution in [-0.2, 0) is 16.6 Å². The maximum atomic E-state index is 12.7. The third-order valence-corrected chi connectivity index (χ3v) is 7.05. The van der Waals surface area contributed by atoms with Gasteiger partial charge in [0.05, 0.1) is 0 Å². The molecule has 1 fully saturated rings. The molecule has 2 rings (SSSR count). The average molecular weight is 288 g/mol. The molecule has 1 heterocycles. The minimum absolute atomic E-state index is 0.153. The first-order valence-corrected chi connectivity index (χ1v) is 8.55. The molecule has 0 saturated heterocycles. The zero-order valence-corrected chi connectivity index (χ0v) is 12.5. The lowest BCUT2D eigenvalue weighted by molar-refractivity contribution is 0.372. The van der Waals surface area contributed by atoms with Gasteiger partial charge in [-0.15, -0.1) is 11.3 Å². The fourth-order valence-electron chi connectivity index (χ4n) is 2.58. The van der Waals surface area contributed by atoms with Gasteiger partial charge in [-0.2, -0.15) is 4.31 Å². The Morgan fingerprint density at radius 1 is 1.44 bits per heavy atom.